The normalized spacial score (nSPS) is 22.4. The first-order chi connectivity index (χ1) is 11.5. The van der Waals surface area contributed by atoms with Crippen LogP contribution in [-0.4, -0.2) is 40.7 Å². The van der Waals surface area contributed by atoms with Gasteiger partial charge in [-0.2, -0.15) is 0 Å². The second-order valence-corrected chi connectivity index (χ2v) is 5.46. The lowest BCUT2D eigenvalue weighted by atomic mass is 9.91. The van der Waals surface area contributed by atoms with E-state index < -0.39 is 18.3 Å². The molecular formula is C17H18O7. The number of aliphatic hydroxyl groups excluding tert-OH is 2. The highest BCUT2D eigenvalue weighted by molar-refractivity contribution is 5.53. The number of phenols is 2. The Hall–Kier alpha value is -2.64. The van der Waals surface area contributed by atoms with Crippen LogP contribution in [0.25, 0.3) is 0 Å². The van der Waals surface area contributed by atoms with Gasteiger partial charge in [0.05, 0.1) is 19.8 Å². The Morgan fingerprint density at radius 2 is 1.71 bits per heavy atom. The van der Waals surface area contributed by atoms with Crippen LogP contribution in [-0.2, 0) is 0 Å². The number of phenolic OH excluding ortho intramolecular Hbond substituents is 2. The van der Waals surface area contributed by atoms with Gasteiger partial charge in [0.2, 0.25) is 0 Å². The molecule has 7 nitrogen and oxygen atoms in total. The molecule has 24 heavy (non-hydrogen) atoms. The predicted octanol–water partition coefficient (Wildman–Crippen LogP) is 1.64. The first-order valence-corrected chi connectivity index (χ1v) is 7.26. The third kappa shape index (κ3) is 2.57. The third-order valence-electron chi connectivity index (χ3n) is 4.05. The Morgan fingerprint density at radius 1 is 0.958 bits per heavy atom. The minimum Gasteiger partial charge on any atom is -0.507 e. The number of benzene rings is 2. The molecule has 7 heteroatoms. The number of hydrogen-bond acceptors (Lipinski definition) is 7. The van der Waals surface area contributed by atoms with Crippen molar-refractivity contribution < 1.29 is 34.6 Å². The Kier molecular flexibility index (Phi) is 4.13. The Bertz CT molecular complexity index is 759. The first kappa shape index (κ1) is 16.2. The summed E-state index contributed by atoms with van der Waals surface area (Å²) < 4.78 is 15.9. The topological polar surface area (TPSA) is 109 Å². The number of ether oxygens (including phenoxy) is 3. The SMILES string of the molecule is COc1cc(O)c2c(c1)OC(c1ccc(O)c(OC)c1)C(O)C2O. The highest BCUT2D eigenvalue weighted by Crippen LogP contribution is 2.47. The lowest BCUT2D eigenvalue weighted by molar-refractivity contribution is -0.0711. The summed E-state index contributed by atoms with van der Waals surface area (Å²) in [6.07, 6.45) is -3.57. The van der Waals surface area contributed by atoms with Gasteiger partial charge in [-0.05, 0) is 17.7 Å². The van der Waals surface area contributed by atoms with E-state index >= 15 is 0 Å². The molecule has 0 saturated carbocycles. The van der Waals surface area contributed by atoms with Gasteiger partial charge in [0.1, 0.15) is 29.5 Å². The van der Waals surface area contributed by atoms with Gasteiger partial charge >= 0.3 is 0 Å². The molecule has 0 saturated heterocycles. The Balaban J connectivity index is 2.05. The monoisotopic (exact) mass is 334 g/mol. The molecule has 3 unspecified atom stereocenters. The van der Waals surface area contributed by atoms with Gasteiger partial charge in [0.25, 0.3) is 0 Å². The highest BCUT2D eigenvalue weighted by Gasteiger charge is 2.39. The fraction of sp³-hybridized carbons (Fsp3) is 0.294. The fourth-order valence-electron chi connectivity index (χ4n) is 2.78. The van der Waals surface area contributed by atoms with Gasteiger partial charge in [0.15, 0.2) is 17.6 Å². The van der Waals surface area contributed by atoms with Crippen molar-refractivity contribution in [2.24, 2.45) is 0 Å². The molecule has 1 aliphatic rings. The van der Waals surface area contributed by atoms with Crippen molar-refractivity contribution in [3.63, 3.8) is 0 Å². The number of methoxy groups -OCH3 is 2. The largest absolute Gasteiger partial charge is 0.507 e. The van der Waals surface area contributed by atoms with E-state index in [1.807, 2.05) is 0 Å². The molecule has 0 aromatic heterocycles. The summed E-state index contributed by atoms with van der Waals surface area (Å²) in [4.78, 5) is 0. The van der Waals surface area contributed by atoms with Gasteiger partial charge in [-0.15, -0.1) is 0 Å². The molecule has 1 aliphatic heterocycles. The molecule has 0 fully saturated rings. The number of aliphatic hydroxyl groups is 2. The number of hydrogen-bond donors (Lipinski definition) is 4. The molecule has 0 bridgehead atoms. The number of aromatic hydroxyl groups is 2. The zero-order valence-corrected chi connectivity index (χ0v) is 13.1. The summed E-state index contributed by atoms with van der Waals surface area (Å²) in [5.41, 5.74) is 0.606. The Labute approximate surface area is 138 Å². The molecule has 128 valence electrons. The molecular weight excluding hydrogens is 316 g/mol. The molecule has 3 rings (SSSR count). The summed E-state index contributed by atoms with van der Waals surface area (Å²) in [7, 11) is 2.85. The van der Waals surface area contributed by atoms with Crippen LogP contribution in [0.4, 0.5) is 0 Å². The van der Waals surface area contributed by atoms with Crippen LogP contribution >= 0.6 is 0 Å². The van der Waals surface area contributed by atoms with Crippen molar-refractivity contribution in [3.05, 3.63) is 41.5 Å². The molecule has 4 N–H and O–H groups in total. The molecule has 0 amide bonds. The maximum Gasteiger partial charge on any atom is 0.160 e. The van der Waals surface area contributed by atoms with Crippen molar-refractivity contribution >= 4 is 0 Å². The van der Waals surface area contributed by atoms with E-state index in [1.165, 1.54) is 38.5 Å². The molecule has 1 heterocycles. The average molecular weight is 334 g/mol. The van der Waals surface area contributed by atoms with Crippen molar-refractivity contribution in [2.45, 2.75) is 18.3 Å². The second-order valence-electron chi connectivity index (χ2n) is 5.46. The van der Waals surface area contributed by atoms with Crippen LogP contribution in [0.1, 0.15) is 23.3 Å². The maximum atomic E-state index is 10.4. The van der Waals surface area contributed by atoms with E-state index in [-0.39, 0.29) is 28.6 Å². The Morgan fingerprint density at radius 3 is 2.38 bits per heavy atom. The zero-order valence-electron chi connectivity index (χ0n) is 13.1. The van der Waals surface area contributed by atoms with E-state index in [0.717, 1.165) is 0 Å². The van der Waals surface area contributed by atoms with Crippen molar-refractivity contribution in [2.75, 3.05) is 14.2 Å². The van der Waals surface area contributed by atoms with Crippen LogP contribution in [0.2, 0.25) is 0 Å². The van der Waals surface area contributed by atoms with Gasteiger partial charge in [-0.3, -0.25) is 0 Å². The smallest absolute Gasteiger partial charge is 0.160 e. The minimum atomic E-state index is -1.34. The van der Waals surface area contributed by atoms with Crippen molar-refractivity contribution in [1.82, 2.24) is 0 Å². The summed E-state index contributed by atoms with van der Waals surface area (Å²) in [6, 6.07) is 7.34. The fourth-order valence-corrected chi connectivity index (χ4v) is 2.78. The quantitative estimate of drug-likeness (QED) is 0.676. The van der Waals surface area contributed by atoms with E-state index in [9.17, 15) is 20.4 Å². The van der Waals surface area contributed by atoms with E-state index in [2.05, 4.69) is 0 Å². The number of rotatable bonds is 3. The van der Waals surface area contributed by atoms with E-state index in [1.54, 1.807) is 6.07 Å². The average Bonchev–Trinajstić information content (AvgIpc) is 2.58. The zero-order chi connectivity index (χ0) is 17.4. The minimum absolute atomic E-state index is 0.0492. The van der Waals surface area contributed by atoms with Crippen LogP contribution in [0.3, 0.4) is 0 Å². The van der Waals surface area contributed by atoms with Gasteiger partial charge in [-0.25, -0.2) is 0 Å². The highest BCUT2D eigenvalue weighted by atomic mass is 16.5. The molecule has 0 radical (unpaired) electrons. The van der Waals surface area contributed by atoms with Gasteiger partial charge < -0.3 is 34.6 Å². The van der Waals surface area contributed by atoms with E-state index in [4.69, 9.17) is 14.2 Å². The third-order valence-corrected chi connectivity index (χ3v) is 4.05. The molecule has 2 aromatic carbocycles. The molecule has 3 atom stereocenters. The van der Waals surface area contributed by atoms with Crippen LogP contribution in [0.15, 0.2) is 30.3 Å². The predicted molar refractivity (Wildman–Crippen MR) is 83.7 cm³/mol. The molecule has 2 aromatic rings. The van der Waals surface area contributed by atoms with Crippen molar-refractivity contribution in [3.8, 4) is 28.7 Å². The van der Waals surface area contributed by atoms with Crippen LogP contribution in [0, 0.1) is 0 Å². The lowest BCUT2D eigenvalue weighted by Crippen LogP contribution is -2.34. The maximum absolute atomic E-state index is 10.4. The summed E-state index contributed by atoms with van der Waals surface area (Å²) in [5.74, 6) is 0.514. The lowest BCUT2D eigenvalue weighted by Gasteiger charge is -2.35. The van der Waals surface area contributed by atoms with Crippen LogP contribution in [0.5, 0.6) is 28.7 Å². The summed E-state index contributed by atoms with van der Waals surface area (Å²) in [6.45, 7) is 0. The van der Waals surface area contributed by atoms with Crippen LogP contribution < -0.4 is 14.2 Å². The van der Waals surface area contributed by atoms with Gasteiger partial charge in [0, 0.05) is 12.1 Å². The summed E-state index contributed by atoms with van der Waals surface area (Å²) in [5, 5.41) is 40.5. The van der Waals surface area contributed by atoms with E-state index in [0.29, 0.717) is 11.3 Å². The second kappa shape index (κ2) is 6.10. The number of fused-ring (bicyclic) bond motifs is 1. The first-order valence-electron chi connectivity index (χ1n) is 7.26. The molecule has 0 aliphatic carbocycles. The molecule has 0 spiro atoms. The van der Waals surface area contributed by atoms with Crippen molar-refractivity contribution in [1.29, 1.82) is 0 Å². The summed E-state index contributed by atoms with van der Waals surface area (Å²) >= 11 is 0. The standard InChI is InChI=1S/C17H18O7/c1-22-9-6-11(19)14-13(7-9)24-17(16(21)15(14)20)8-3-4-10(18)12(5-8)23-2/h3-7,15-21H,1-2H3. The van der Waals surface area contributed by atoms with Gasteiger partial charge in [-0.1, -0.05) is 6.07 Å².